The third-order valence-corrected chi connectivity index (χ3v) is 3.87. The Morgan fingerprint density at radius 3 is 2.43 bits per heavy atom. The average molecular weight is 286 g/mol. The molecule has 2 aromatic rings. The van der Waals surface area contributed by atoms with Crippen LogP contribution in [0.2, 0.25) is 0 Å². The van der Waals surface area contributed by atoms with Gasteiger partial charge >= 0.3 is 0 Å². The molecule has 0 aliphatic carbocycles. The highest BCUT2D eigenvalue weighted by molar-refractivity contribution is 5.52. The van der Waals surface area contributed by atoms with E-state index in [0.29, 0.717) is 0 Å². The Hall–Kier alpha value is -1.74. The fourth-order valence-electron chi connectivity index (χ4n) is 2.48. The SMILES string of the molecule is CCN(CC)Cc1ccccc1NC(C)c1ccc(C)o1. The monoisotopic (exact) mass is 286 g/mol. The molecule has 2 rings (SSSR count). The molecule has 3 heteroatoms. The molecule has 1 heterocycles. The molecule has 0 aliphatic heterocycles. The molecule has 0 amide bonds. The number of benzene rings is 1. The molecule has 0 fully saturated rings. The van der Waals surface area contributed by atoms with Gasteiger partial charge in [0.15, 0.2) is 0 Å². The number of nitrogens with zero attached hydrogens (tertiary/aromatic N) is 1. The van der Waals surface area contributed by atoms with E-state index in [2.05, 4.69) is 55.3 Å². The molecular weight excluding hydrogens is 260 g/mol. The van der Waals surface area contributed by atoms with E-state index in [1.165, 1.54) is 11.3 Å². The van der Waals surface area contributed by atoms with Crippen LogP contribution in [0.4, 0.5) is 5.69 Å². The van der Waals surface area contributed by atoms with Crippen molar-refractivity contribution in [2.24, 2.45) is 0 Å². The molecule has 0 saturated heterocycles. The number of hydrogen-bond donors (Lipinski definition) is 1. The molecule has 1 atom stereocenters. The summed E-state index contributed by atoms with van der Waals surface area (Å²) in [5.41, 5.74) is 2.52. The molecule has 0 bridgehead atoms. The van der Waals surface area contributed by atoms with Gasteiger partial charge in [0.05, 0.1) is 6.04 Å². The molecule has 0 aliphatic rings. The lowest BCUT2D eigenvalue weighted by atomic mass is 10.1. The van der Waals surface area contributed by atoms with Crippen molar-refractivity contribution in [2.45, 2.75) is 40.3 Å². The zero-order chi connectivity index (χ0) is 15.2. The molecule has 1 unspecified atom stereocenters. The fourth-order valence-corrected chi connectivity index (χ4v) is 2.48. The Morgan fingerprint density at radius 1 is 1.10 bits per heavy atom. The van der Waals surface area contributed by atoms with Crippen LogP contribution in [0.15, 0.2) is 40.8 Å². The smallest absolute Gasteiger partial charge is 0.126 e. The summed E-state index contributed by atoms with van der Waals surface area (Å²) in [4.78, 5) is 2.42. The maximum Gasteiger partial charge on any atom is 0.126 e. The summed E-state index contributed by atoms with van der Waals surface area (Å²) in [6.07, 6.45) is 0. The van der Waals surface area contributed by atoms with Gasteiger partial charge in [-0.05, 0) is 50.7 Å². The molecule has 21 heavy (non-hydrogen) atoms. The second kappa shape index (κ2) is 7.32. The van der Waals surface area contributed by atoms with E-state index >= 15 is 0 Å². The minimum Gasteiger partial charge on any atom is -0.464 e. The van der Waals surface area contributed by atoms with Gasteiger partial charge in [-0.15, -0.1) is 0 Å². The Bertz CT molecular complexity index is 558. The first-order valence-corrected chi connectivity index (χ1v) is 7.77. The van der Waals surface area contributed by atoms with Crippen molar-refractivity contribution in [3.63, 3.8) is 0 Å². The van der Waals surface area contributed by atoms with Crippen molar-refractivity contribution >= 4 is 5.69 Å². The molecule has 114 valence electrons. The van der Waals surface area contributed by atoms with Crippen LogP contribution in [0.1, 0.15) is 43.9 Å². The summed E-state index contributed by atoms with van der Waals surface area (Å²) in [5, 5.41) is 3.57. The summed E-state index contributed by atoms with van der Waals surface area (Å²) in [6.45, 7) is 11.6. The summed E-state index contributed by atoms with van der Waals surface area (Å²) in [7, 11) is 0. The summed E-state index contributed by atoms with van der Waals surface area (Å²) in [6, 6.07) is 12.7. The van der Waals surface area contributed by atoms with Crippen LogP contribution < -0.4 is 5.32 Å². The quantitative estimate of drug-likeness (QED) is 0.806. The van der Waals surface area contributed by atoms with Gasteiger partial charge in [0.2, 0.25) is 0 Å². The van der Waals surface area contributed by atoms with Crippen LogP contribution in [0.3, 0.4) is 0 Å². The predicted molar refractivity (Wildman–Crippen MR) is 88.5 cm³/mol. The highest BCUT2D eigenvalue weighted by Crippen LogP contribution is 2.24. The van der Waals surface area contributed by atoms with E-state index in [-0.39, 0.29) is 6.04 Å². The second-order valence-electron chi connectivity index (χ2n) is 5.43. The lowest BCUT2D eigenvalue weighted by Crippen LogP contribution is -2.23. The van der Waals surface area contributed by atoms with Gasteiger partial charge in [0.1, 0.15) is 11.5 Å². The molecule has 0 spiro atoms. The van der Waals surface area contributed by atoms with Crippen LogP contribution in [-0.2, 0) is 6.54 Å². The zero-order valence-electron chi connectivity index (χ0n) is 13.5. The van der Waals surface area contributed by atoms with E-state index < -0.39 is 0 Å². The van der Waals surface area contributed by atoms with Gasteiger partial charge in [-0.25, -0.2) is 0 Å². The van der Waals surface area contributed by atoms with Gasteiger partial charge in [-0.3, -0.25) is 4.90 Å². The van der Waals surface area contributed by atoms with Gasteiger partial charge in [-0.2, -0.15) is 0 Å². The minimum atomic E-state index is 0.163. The fraction of sp³-hybridized carbons (Fsp3) is 0.444. The Kier molecular flexibility index (Phi) is 5.45. The number of hydrogen-bond acceptors (Lipinski definition) is 3. The van der Waals surface area contributed by atoms with Gasteiger partial charge in [0.25, 0.3) is 0 Å². The highest BCUT2D eigenvalue weighted by atomic mass is 16.3. The van der Waals surface area contributed by atoms with Crippen molar-refractivity contribution < 1.29 is 4.42 Å². The first-order chi connectivity index (χ1) is 10.1. The van der Waals surface area contributed by atoms with Gasteiger partial charge in [-0.1, -0.05) is 32.0 Å². The lowest BCUT2D eigenvalue weighted by molar-refractivity contribution is 0.296. The molecular formula is C18H26N2O. The number of anilines is 1. The van der Waals surface area contributed by atoms with Crippen LogP contribution in [0, 0.1) is 6.92 Å². The van der Waals surface area contributed by atoms with E-state index in [0.717, 1.165) is 31.2 Å². The topological polar surface area (TPSA) is 28.4 Å². The van der Waals surface area contributed by atoms with E-state index in [4.69, 9.17) is 4.42 Å². The number of nitrogens with one attached hydrogen (secondary N) is 1. The Morgan fingerprint density at radius 2 is 1.81 bits per heavy atom. The molecule has 1 aromatic carbocycles. The number of rotatable bonds is 7. The third kappa shape index (κ3) is 4.11. The molecule has 0 radical (unpaired) electrons. The maximum atomic E-state index is 5.71. The number of para-hydroxylation sites is 1. The molecule has 1 N–H and O–H groups in total. The van der Waals surface area contributed by atoms with Gasteiger partial charge in [0, 0.05) is 12.2 Å². The average Bonchev–Trinajstić information content (AvgIpc) is 2.93. The normalized spacial score (nSPS) is 12.6. The van der Waals surface area contributed by atoms with Crippen LogP contribution >= 0.6 is 0 Å². The number of furan rings is 1. The first-order valence-electron chi connectivity index (χ1n) is 7.77. The van der Waals surface area contributed by atoms with Crippen molar-refractivity contribution in [2.75, 3.05) is 18.4 Å². The number of aryl methyl sites for hydroxylation is 1. The Labute approximate surface area is 128 Å². The second-order valence-corrected chi connectivity index (χ2v) is 5.43. The standard InChI is InChI=1S/C18H26N2O/c1-5-20(6-2)13-16-9-7-8-10-17(16)19-15(4)18-12-11-14(3)21-18/h7-12,15,19H,5-6,13H2,1-4H3. The van der Waals surface area contributed by atoms with Crippen molar-refractivity contribution in [3.05, 3.63) is 53.5 Å². The van der Waals surface area contributed by atoms with Crippen LogP contribution in [0.5, 0.6) is 0 Å². The van der Waals surface area contributed by atoms with Crippen LogP contribution in [0.25, 0.3) is 0 Å². The summed E-state index contributed by atoms with van der Waals surface area (Å²) in [5.74, 6) is 1.93. The summed E-state index contributed by atoms with van der Waals surface area (Å²) < 4.78 is 5.71. The first kappa shape index (κ1) is 15.6. The van der Waals surface area contributed by atoms with Crippen molar-refractivity contribution in [1.82, 2.24) is 4.90 Å². The van der Waals surface area contributed by atoms with Crippen LogP contribution in [-0.4, -0.2) is 18.0 Å². The van der Waals surface area contributed by atoms with Crippen molar-refractivity contribution in [1.29, 1.82) is 0 Å². The molecule has 3 nitrogen and oxygen atoms in total. The van der Waals surface area contributed by atoms with E-state index in [1.807, 2.05) is 19.1 Å². The van der Waals surface area contributed by atoms with E-state index in [9.17, 15) is 0 Å². The highest BCUT2D eigenvalue weighted by Gasteiger charge is 2.12. The van der Waals surface area contributed by atoms with Crippen molar-refractivity contribution in [3.8, 4) is 0 Å². The lowest BCUT2D eigenvalue weighted by Gasteiger charge is -2.22. The third-order valence-electron chi connectivity index (χ3n) is 3.87. The minimum absolute atomic E-state index is 0.163. The molecule has 1 aromatic heterocycles. The van der Waals surface area contributed by atoms with Gasteiger partial charge < -0.3 is 9.73 Å². The maximum absolute atomic E-state index is 5.71. The zero-order valence-corrected chi connectivity index (χ0v) is 13.5. The molecule has 0 saturated carbocycles. The van der Waals surface area contributed by atoms with E-state index in [1.54, 1.807) is 0 Å². The largest absolute Gasteiger partial charge is 0.464 e. The predicted octanol–water partition coefficient (Wildman–Crippen LogP) is 4.60. The summed E-state index contributed by atoms with van der Waals surface area (Å²) >= 11 is 0. The Balaban J connectivity index is 2.12.